The number of fused-ring (bicyclic) bond motifs is 1. The first-order valence-electron chi connectivity index (χ1n) is 8.25. The number of benzene rings is 2. The van der Waals surface area contributed by atoms with Gasteiger partial charge in [-0.15, -0.1) is 5.10 Å². The van der Waals surface area contributed by atoms with Gasteiger partial charge in [0.1, 0.15) is 17.8 Å². The maximum atomic E-state index is 12.3. The predicted molar refractivity (Wildman–Crippen MR) is 99.7 cm³/mol. The highest BCUT2D eigenvalue weighted by atomic mass is 35.5. The molecule has 0 spiro atoms. The zero-order chi connectivity index (χ0) is 18.5. The van der Waals surface area contributed by atoms with Crippen molar-refractivity contribution in [1.82, 2.24) is 15.0 Å². The van der Waals surface area contributed by atoms with Crippen molar-refractivity contribution in [2.75, 3.05) is 7.11 Å². The van der Waals surface area contributed by atoms with Crippen LogP contribution in [0.1, 0.15) is 18.4 Å². The minimum atomic E-state index is -0.304. The highest BCUT2D eigenvalue weighted by molar-refractivity contribution is 6.31. The van der Waals surface area contributed by atoms with Crippen LogP contribution in [-0.4, -0.2) is 27.9 Å². The molecule has 6 nitrogen and oxygen atoms in total. The van der Waals surface area contributed by atoms with Gasteiger partial charge in [0, 0.05) is 11.4 Å². The monoisotopic (exact) mass is 371 g/mol. The summed E-state index contributed by atoms with van der Waals surface area (Å²) < 4.78 is 6.23. The van der Waals surface area contributed by atoms with Gasteiger partial charge in [-0.05, 0) is 42.7 Å². The Balaban J connectivity index is 1.60. The van der Waals surface area contributed by atoms with E-state index in [-0.39, 0.29) is 17.9 Å². The molecule has 0 aliphatic carbocycles. The van der Waals surface area contributed by atoms with Gasteiger partial charge in [0.05, 0.1) is 12.5 Å². The first-order chi connectivity index (χ1) is 12.6. The van der Waals surface area contributed by atoms with Crippen molar-refractivity contribution in [1.29, 1.82) is 0 Å². The molecule has 7 heteroatoms. The second-order valence-corrected chi connectivity index (χ2v) is 6.33. The number of carbonyl (C=O) groups excluding carboxylic acids is 1. The molecule has 0 fully saturated rings. The lowest BCUT2D eigenvalue weighted by atomic mass is 10.1. The second-order valence-electron chi connectivity index (χ2n) is 5.92. The van der Waals surface area contributed by atoms with Gasteiger partial charge in [-0.3, -0.25) is 9.59 Å². The Hall–Kier alpha value is -2.73. The van der Waals surface area contributed by atoms with Crippen molar-refractivity contribution in [3.63, 3.8) is 0 Å². The number of nitrogens with zero attached hydrogens (tertiary/aromatic N) is 3. The molecule has 0 saturated heterocycles. The molecule has 0 atom stereocenters. The largest absolute Gasteiger partial charge is 0.497 e. The fraction of sp³-hybridized carbons (Fsp3) is 0.263. The summed E-state index contributed by atoms with van der Waals surface area (Å²) in [5, 5.41) is 8.90. The summed E-state index contributed by atoms with van der Waals surface area (Å²) in [6.45, 7) is -0.0764. The molecular weight excluding hydrogens is 354 g/mol. The summed E-state index contributed by atoms with van der Waals surface area (Å²) in [5.41, 5.74) is 1.18. The molecule has 134 valence electrons. The van der Waals surface area contributed by atoms with E-state index in [1.54, 1.807) is 37.4 Å². The van der Waals surface area contributed by atoms with E-state index in [4.69, 9.17) is 16.3 Å². The van der Waals surface area contributed by atoms with Crippen LogP contribution in [0.4, 0.5) is 0 Å². The Kier molecular flexibility index (Phi) is 5.63. The van der Waals surface area contributed by atoms with Crippen molar-refractivity contribution in [3.05, 3.63) is 63.4 Å². The van der Waals surface area contributed by atoms with Crippen LogP contribution in [0, 0.1) is 0 Å². The summed E-state index contributed by atoms with van der Waals surface area (Å²) in [5.74, 6) is 0.630. The third-order valence-electron chi connectivity index (χ3n) is 4.12. The summed E-state index contributed by atoms with van der Waals surface area (Å²) in [6.07, 6.45) is 1.65. The summed E-state index contributed by atoms with van der Waals surface area (Å²) in [4.78, 5) is 24.5. The normalized spacial score (nSPS) is 10.8. The molecule has 2 aromatic carbocycles. The van der Waals surface area contributed by atoms with E-state index in [1.807, 2.05) is 12.1 Å². The van der Waals surface area contributed by atoms with E-state index in [0.717, 1.165) is 10.2 Å². The molecular formula is C19H18ClN3O3. The van der Waals surface area contributed by atoms with Gasteiger partial charge >= 0.3 is 0 Å². The second kappa shape index (κ2) is 8.10. The Morgan fingerprint density at radius 1 is 1.23 bits per heavy atom. The third-order valence-corrected chi connectivity index (χ3v) is 4.47. The fourth-order valence-electron chi connectivity index (χ4n) is 2.71. The molecule has 0 amide bonds. The van der Waals surface area contributed by atoms with Crippen molar-refractivity contribution in [2.24, 2.45) is 0 Å². The number of ether oxygens (including phenoxy) is 1. The Morgan fingerprint density at radius 2 is 2.04 bits per heavy atom. The van der Waals surface area contributed by atoms with E-state index in [2.05, 4.69) is 10.3 Å². The lowest BCUT2D eigenvalue weighted by molar-refractivity contribution is -0.120. The molecule has 0 aliphatic rings. The minimum absolute atomic E-state index is 0.0682. The minimum Gasteiger partial charge on any atom is -0.497 e. The molecule has 3 rings (SSSR count). The molecule has 1 heterocycles. The molecule has 0 unspecified atom stereocenters. The van der Waals surface area contributed by atoms with Gasteiger partial charge < -0.3 is 4.74 Å². The molecule has 1 aromatic heterocycles. The number of rotatable bonds is 7. The first kappa shape index (κ1) is 18.1. The smallest absolute Gasteiger partial charge is 0.278 e. The number of aryl methyl sites for hydroxylation is 1. The molecule has 0 aliphatic heterocycles. The van der Waals surface area contributed by atoms with Gasteiger partial charge in [0.2, 0.25) is 0 Å². The maximum Gasteiger partial charge on any atom is 0.278 e. The van der Waals surface area contributed by atoms with Crippen LogP contribution in [0.2, 0.25) is 5.02 Å². The van der Waals surface area contributed by atoms with Gasteiger partial charge in [-0.1, -0.05) is 35.0 Å². The van der Waals surface area contributed by atoms with Crippen LogP contribution in [0.5, 0.6) is 5.75 Å². The highest BCUT2D eigenvalue weighted by Gasteiger charge is 2.10. The van der Waals surface area contributed by atoms with E-state index in [0.29, 0.717) is 40.9 Å². The average Bonchev–Trinajstić information content (AvgIpc) is 2.65. The fourth-order valence-corrected chi connectivity index (χ4v) is 2.97. The Bertz CT molecular complexity index is 1000. The van der Waals surface area contributed by atoms with Gasteiger partial charge in [-0.2, -0.15) is 0 Å². The summed E-state index contributed by atoms with van der Waals surface area (Å²) in [6, 6.07) is 12.4. The van der Waals surface area contributed by atoms with E-state index >= 15 is 0 Å². The number of aromatic nitrogens is 3. The number of ketones is 1. The van der Waals surface area contributed by atoms with Gasteiger partial charge in [0.25, 0.3) is 5.56 Å². The Morgan fingerprint density at radius 3 is 2.81 bits per heavy atom. The van der Waals surface area contributed by atoms with Crippen molar-refractivity contribution < 1.29 is 9.53 Å². The standard InChI is InChI=1S/C19H18ClN3O3/c1-26-15-10-9-13(17(20)11-15)5-4-6-14(24)12-23-19(25)16-7-2-3-8-18(16)21-22-23/h2-3,7-11H,4-6,12H2,1H3. The summed E-state index contributed by atoms with van der Waals surface area (Å²) >= 11 is 6.20. The molecule has 0 saturated carbocycles. The molecule has 3 aromatic rings. The zero-order valence-corrected chi connectivity index (χ0v) is 15.1. The van der Waals surface area contributed by atoms with Crippen molar-refractivity contribution in [2.45, 2.75) is 25.8 Å². The number of methoxy groups -OCH3 is 1. The van der Waals surface area contributed by atoms with E-state index < -0.39 is 0 Å². The van der Waals surface area contributed by atoms with Crippen LogP contribution in [0.15, 0.2) is 47.3 Å². The lowest BCUT2D eigenvalue weighted by Gasteiger charge is -2.07. The number of hydrogen-bond donors (Lipinski definition) is 0. The quantitative estimate of drug-likeness (QED) is 0.638. The SMILES string of the molecule is COc1ccc(CCCC(=O)Cn2nnc3ccccc3c2=O)c(Cl)c1. The predicted octanol–water partition coefficient (Wildman–Crippen LogP) is 3.05. The zero-order valence-electron chi connectivity index (χ0n) is 14.3. The molecule has 0 N–H and O–H groups in total. The van der Waals surface area contributed by atoms with E-state index in [9.17, 15) is 9.59 Å². The van der Waals surface area contributed by atoms with Crippen LogP contribution >= 0.6 is 11.6 Å². The van der Waals surface area contributed by atoms with Crippen LogP contribution in [-0.2, 0) is 17.8 Å². The van der Waals surface area contributed by atoms with Crippen molar-refractivity contribution in [3.8, 4) is 5.75 Å². The molecule has 0 bridgehead atoms. The van der Waals surface area contributed by atoms with Crippen LogP contribution in [0.25, 0.3) is 10.9 Å². The summed E-state index contributed by atoms with van der Waals surface area (Å²) in [7, 11) is 1.58. The van der Waals surface area contributed by atoms with Gasteiger partial charge in [-0.25, -0.2) is 4.68 Å². The lowest BCUT2D eigenvalue weighted by Crippen LogP contribution is -2.27. The Labute approximate surface area is 155 Å². The topological polar surface area (TPSA) is 74.1 Å². The number of carbonyl (C=O) groups is 1. The number of halogens is 1. The van der Waals surface area contributed by atoms with Crippen LogP contribution in [0.3, 0.4) is 0 Å². The number of Topliss-reactive ketones (excluding diaryl/α,β-unsaturated/α-hetero) is 1. The van der Waals surface area contributed by atoms with Gasteiger partial charge in [0.15, 0.2) is 5.78 Å². The number of hydrogen-bond acceptors (Lipinski definition) is 5. The van der Waals surface area contributed by atoms with Crippen molar-refractivity contribution >= 4 is 28.3 Å². The maximum absolute atomic E-state index is 12.3. The average molecular weight is 372 g/mol. The van der Waals surface area contributed by atoms with E-state index in [1.165, 1.54) is 0 Å². The van der Waals surface area contributed by atoms with Crippen LogP contribution < -0.4 is 10.3 Å². The molecule has 0 radical (unpaired) electrons. The molecule has 26 heavy (non-hydrogen) atoms. The highest BCUT2D eigenvalue weighted by Crippen LogP contribution is 2.23. The first-order valence-corrected chi connectivity index (χ1v) is 8.63. The third kappa shape index (κ3) is 4.08.